The molecule has 2 aromatic carbocycles. The van der Waals surface area contributed by atoms with Crippen LogP contribution in [-0.4, -0.2) is 6.61 Å². The summed E-state index contributed by atoms with van der Waals surface area (Å²) in [6.45, 7) is 9.56. The van der Waals surface area contributed by atoms with Gasteiger partial charge in [0, 0.05) is 0 Å². The molecule has 0 bridgehead atoms. The first-order chi connectivity index (χ1) is 9.03. The molecule has 1 atom stereocenters. The molecule has 1 unspecified atom stereocenters. The Morgan fingerprint density at radius 3 is 2.42 bits per heavy atom. The van der Waals surface area contributed by atoms with Crippen molar-refractivity contribution in [3.63, 3.8) is 0 Å². The molecule has 0 radical (unpaired) electrons. The normalized spacial score (nSPS) is 13.7. The molecule has 0 spiro atoms. The number of fused-ring (bicyclic) bond motifs is 1. The van der Waals surface area contributed by atoms with Gasteiger partial charge in [-0.05, 0) is 42.2 Å². The smallest absolute Gasteiger partial charge is 0.0875 e. The zero-order chi connectivity index (χ0) is 13.9. The molecule has 0 aliphatic heterocycles. The van der Waals surface area contributed by atoms with Crippen LogP contribution >= 0.6 is 0 Å². The highest BCUT2D eigenvalue weighted by Crippen LogP contribution is 2.28. The summed E-state index contributed by atoms with van der Waals surface area (Å²) in [5.74, 6) is 0.611. The van der Waals surface area contributed by atoms with E-state index < -0.39 is 0 Å². The van der Waals surface area contributed by atoms with Crippen molar-refractivity contribution in [3.8, 4) is 0 Å². The second-order valence-corrected chi connectivity index (χ2v) is 5.90. The monoisotopic (exact) mass is 256 g/mol. The van der Waals surface area contributed by atoms with Crippen molar-refractivity contribution in [2.24, 2.45) is 5.92 Å². The number of hydrogen-bond acceptors (Lipinski definition) is 1. The summed E-state index contributed by atoms with van der Waals surface area (Å²) in [5.41, 5.74) is 1.02. The Bertz CT molecular complexity index is 542. The molecule has 2 aromatic rings. The highest BCUT2D eigenvalue weighted by molar-refractivity contribution is 5.83. The fraction of sp³-hybridized carbons (Fsp3) is 0.444. The molecular formula is C18H24O. The zero-order valence-electron chi connectivity index (χ0n) is 12.4. The standard InChI is InChI=1S/C18H24O/c1-5-14(2)13-19-18(3,4)17-11-10-15-8-6-7-9-16(15)12-17/h6-12,14H,5,13H2,1-4H3. The van der Waals surface area contributed by atoms with Gasteiger partial charge in [0.15, 0.2) is 0 Å². The fourth-order valence-electron chi connectivity index (χ4n) is 2.12. The Hall–Kier alpha value is -1.34. The van der Waals surface area contributed by atoms with Crippen LogP contribution in [0.2, 0.25) is 0 Å². The first-order valence-electron chi connectivity index (χ1n) is 7.16. The first-order valence-corrected chi connectivity index (χ1v) is 7.16. The van der Waals surface area contributed by atoms with E-state index in [2.05, 4.69) is 70.2 Å². The lowest BCUT2D eigenvalue weighted by Gasteiger charge is -2.28. The van der Waals surface area contributed by atoms with Crippen LogP contribution in [0.3, 0.4) is 0 Å². The van der Waals surface area contributed by atoms with Crippen molar-refractivity contribution in [1.29, 1.82) is 0 Å². The molecule has 0 N–H and O–H groups in total. The van der Waals surface area contributed by atoms with Crippen molar-refractivity contribution in [2.75, 3.05) is 6.61 Å². The van der Waals surface area contributed by atoms with Gasteiger partial charge < -0.3 is 4.74 Å². The van der Waals surface area contributed by atoms with Crippen LogP contribution in [0.5, 0.6) is 0 Å². The maximum absolute atomic E-state index is 6.12. The highest BCUT2D eigenvalue weighted by atomic mass is 16.5. The minimum absolute atomic E-state index is 0.229. The van der Waals surface area contributed by atoms with E-state index in [0.717, 1.165) is 13.0 Å². The summed E-state index contributed by atoms with van der Waals surface area (Å²) in [4.78, 5) is 0. The Labute approximate surface area is 116 Å². The molecule has 1 heteroatoms. The maximum atomic E-state index is 6.12. The van der Waals surface area contributed by atoms with Gasteiger partial charge in [0.25, 0.3) is 0 Å². The highest BCUT2D eigenvalue weighted by Gasteiger charge is 2.22. The predicted octanol–water partition coefficient (Wildman–Crippen LogP) is 5.14. The average molecular weight is 256 g/mol. The molecule has 0 saturated carbocycles. The van der Waals surface area contributed by atoms with E-state index in [-0.39, 0.29) is 5.60 Å². The molecule has 0 aliphatic carbocycles. The van der Waals surface area contributed by atoms with Crippen molar-refractivity contribution >= 4 is 10.8 Å². The van der Waals surface area contributed by atoms with Crippen LogP contribution in [0.25, 0.3) is 10.8 Å². The molecule has 19 heavy (non-hydrogen) atoms. The van der Waals surface area contributed by atoms with Crippen LogP contribution in [0, 0.1) is 5.92 Å². The SMILES string of the molecule is CCC(C)COC(C)(C)c1ccc2ccccc2c1. The predicted molar refractivity (Wildman–Crippen MR) is 82.4 cm³/mol. The molecule has 2 rings (SSSR count). The van der Waals surface area contributed by atoms with Crippen LogP contribution in [0.15, 0.2) is 42.5 Å². The minimum atomic E-state index is -0.229. The number of ether oxygens (including phenoxy) is 1. The summed E-state index contributed by atoms with van der Waals surface area (Å²) in [6, 6.07) is 15.1. The first kappa shape index (κ1) is 14.1. The number of benzene rings is 2. The van der Waals surface area contributed by atoms with Gasteiger partial charge in [0.2, 0.25) is 0 Å². The van der Waals surface area contributed by atoms with Gasteiger partial charge in [-0.25, -0.2) is 0 Å². The molecule has 0 fully saturated rings. The lowest BCUT2D eigenvalue weighted by molar-refractivity contribution is -0.0375. The Morgan fingerprint density at radius 1 is 1.05 bits per heavy atom. The van der Waals surface area contributed by atoms with E-state index >= 15 is 0 Å². The van der Waals surface area contributed by atoms with E-state index in [9.17, 15) is 0 Å². The van der Waals surface area contributed by atoms with E-state index in [1.807, 2.05) is 0 Å². The third-order valence-corrected chi connectivity index (χ3v) is 3.87. The lowest BCUT2D eigenvalue weighted by Crippen LogP contribution is -2.24. The summed E-state index contributed by atoms with van der Waals surface area (Å²) in [7, 11) is 0. The van der Waals surface area contributed by atoms with E-state index in [1.54, 1.807) is 0 Å². The molecule has 1 nitrogen and oxygen atoms in total. The average Bonchev–Trinajstić information content (AvgIpc) is 2.44. The van der Waals surface area contributed by atoms with E-state index in [4.69, 9.17) is 4.74 Å². The van der Waals surface area contributed by atoms with Crippen LogP contribution in [-0.2, 0) is 10.3 Å². The summed E-state index contributed by atoms with van der Waals surface area (Å²) in [5, 5.41) is 2.56. The van der Waals surface area contributed by atoms with Crippen molar-refractivity contribution < 1.29 is 4.74 Å². The third kappa shape index (κ3) is 3.36. The summed E-state index contributed by atoms with van der Waals surface area (Å²) >= 11 is 0. The molecule has 0 aliphatic rings. The van der Waals surface area contributed by atoms with Gasteiger partial charge in [-0.15, -0.1) is 0 Å². The van der Waals surface area contributed by atoms with Gasteiger partial charge in [-0.3, -0.25) is 0 Å². The molecule has 102 valence electrons. The van der Waals surface area contributed by atoms with Gasteiger partial charge in [-0.1, -0.05) is 56.7 Å². The van der Waals surface area contributed by atoms with Crippen molar-refractivity contribution in [3.05, 3.63) is 48.0 Å². The topological polar surface area (TPSA) is 9.23 Å². The Balaban J connectivity index is 2.22. The Kier molecular flexibility index (Phi) is 4.26. The third-order valence-electron chi connectivity index (χ3n) is 3.87. The Morgan fingerprint density at radius 2 is 1.74 bits per heavy atom. The van der Waals surface area contributed by atoms with Crippen LogP contribution < -0.4 is 0 Å². The number of rotatable bonds is 5. The summed E-state index contributed by atoms with van der Waals surface area (Å²) < 4.78 is 6.12. The zero-order valence-corrected chi connectivity index (χ0v) is 12.4. The maximum Gasteiger partial charge on any atom is 0.0875 e. The van der Waals surface area contributed by atoms with Gasteiger partial charge in [-0.2, -0.15) is 0 Å². The van der Waals surface area contributed by atoms with Gasteiger partial charge in [0.05, 0.1) is 12.2 Å². The largest absolute Gasteiger partial charge is 0.371 e. The molecule has 0 heterocycles. The molecule has 0 aromatic heterocycles. The second-order valence-electron chi connectivity index (χ2n) is 5.90. The van der Waals surface area contributed by atoms with Crippen LogP contribution in [0.4, 0.5) is 0 Å². The van der Waals surface area contributed by atoms with E-state index in [0.29, 0.717) is 5.92 Å². The van der Waals surface area contributed by atoms with Gasteiger partial charge >= 0.3 is 0 Å². The lowest BCUT2D eigenvalue weighted by atomic mass is 9.95. The second kappa shape index (κ2) is 5.75. The van der Waals surface area contributed by atoms with E-state index in [1.165, 1.54) is 16.3 Å². The fourth-order valence-corrected chi connectivity index (χ4v) is 2.12. The summed E-state index contributed by atoms with van der Waals surface area (Å²) in [6.07, 6.45) is 1.16. The van der Waals surface area contributed by atoms with Crippen LogP contribution in [0.1, 0.15) is 39.7 Å². The molecule has 0 amide bonds. The molecular weight excluding hydrogens is 232 g/mol. The van der Waals surface area contributed by atoms with Crippen molar-refractivity contribution in [2.45, 2.75) is 39.7 Å². The number of hydrogen-bond donors (Lipinski definition) is 0. The molecule has 0 saturated heterocycles. The quantitative estimate of drug-likeness (QED) is 0.720. The minimum Gasteiger partial charge on any atom is -0.371 e. The van der Waals surface area contributed by atoms with Crippen molar-refractivity contribution in [1.82, 2.24) is 0 Å². The van der Waals surface area contributed by atoms with Gasteiger partial charge in [0.1, 0.15) is 0 Å².